The molecule has 0 aliphatic rings. The van der Waals surface area contributed by atoms with Crippen molar-refractivity contribution < 1.29 is 8.78 Å². The molecule has 1 atom stereocenters. The van der Waals surface area contributed by atoms with Crippen molar-refractivity contribution in [3.8, 4) is 6.07 Å². The molecule has 1 aromatic rings. The van der Waals surface area contributed by atoms with Crippen LogP contribution in [0.25, 0.3) is 0 Å². The van der Waals surface area contributed by atoms with Crippen molar-refractivity contribution in [3.63, 3.8) is 0 Å². The van der Waals surface area contributed by atoms with Crippen LogP contribution in [0.1, 0.15) is 30.5 Å². The van der Waals surface area contributed by atoms with Gasteiger partial charge in [-0.2, -0.15) is 5.26 Å². The van der Waals surface area contributed by atoms with Crippen LogP contribution in [0.4, 0.5) is 8.78 Å². The lowest BCUT2D eigenvalue weighted by Crippen LogP contribution is -2.11. The standard InChI is InChI=1S/C10H10F2N2/c1-2-10(14)7-4-9(12)8(11)3-6(7)5-13/h3-4,10H,2,14H2,1H3. The normalized spacial score (nSPS) is 12.2. The number of hydrogen-bond acceptors (Lipinski definition) is 2. The highest BCUT2D eigenvalue weighted by atomic mass is 19.2. The van der Waals surface area contributed by atoms with E-state index in [1.807, 2.05) is 6.92 Å². The van der Waals surface area contributed by atoms with Crippen molar-refractivity contribution in [2.45, 2.75) is 19.4 Å². The Bertz CT molecular complexity index is 382. The van der Waals surface area contributed by atoms with Gasteiger partial charge in [-0.25, -0.2) is 8.78 Å². The van der Waals surface area contributed by atoms with Crippen LogP contribution in [-0.2, 0) is 0 Å². The number of halogens is 2. The number of nitrogens with zero attached hydrogens (tertiary/aromatic N) is 1. The zero-order valence-electron chi connectivity index (χ0n) is 7.72. The maximum atomic E-state index is 12.9. The monoisotopic (exact) mass is 196 g/mol. The van der Waals surface area contributed by atoms with Crippen LogP contribution < -0.4 is 5.73 Å². The van der Waals surface area contributed by atoms with E-state index in [9.17, 15) is 8.78 Å². The third kappa shape index (κ3) is 1.88. The van der Waals surface area contributed by atoms with Crippen LogP contribution in [-0.4, -0.2) is 0 Å². The second-order valence-corrected chi connectivity index (χ2v) is 2.98. The average molecular weight is 196 g/mol. The van der Waals surface area contributed by atoms with E-state index in [-0.39, 0.29) is 5.56 Å². The summed E-state index contributed by atoms with van der Waals surface area (Å²) in [6.07, 6.45) is 0.569. The highest BCUT2D eigenvalue weighted by Crippen LogP contribution is 2.21. The minimum Gasteiger partial charge on any atom is -0.324 e. The molecule has 14 heavy (non-hydrogen) atoms. The summed E-state index contributed by atoms with van der Waals surface area (Å²) in [5.41, 5.74) is 6.10. The second-order valence-electron chi connectivity index (χ2n) is 2.98. The summed E-state index contributed by atoms with van der Waals surface area (Å²) in [5.74, 6) is -1.99. The molecule has 0 heterocycles. The zero-order valence-corrected chi connectivity index (χ0v) is 7.72. The Labute approximate surface area is 81.0 Å². The third-order valence-electron chi connectivity index (χ3n) is 2.05. The topological polar surface area (TPSA) is 49.8 Å². The van der Waals surface area contributed by atoms with Gasteiger partial charge in [0.15, 0.2) is 11.6 Å². The Balaban J connectivity index is 3.29. The van der Waals surface area contributed by atoms with Gasteiger partial charge in [0.25, 0.3) is 0 Å². The molecule has 2 nitrogen and oxygen atoms in total. The van der Waals surface area contributed by atoms with Crippen LogP contribution in [0.2, 0.25) is 0 Å². The lowest BCUT2D eigenvalue weighted by molar-refractivity contribution is 0.504. The van der Waals surface area contributed by atoms with E-state index in [1.54, 1.807) is 6.07 Å². The fraction of sp³-hybridized carbons (Fsp3) is 0.300. The molecule has 0 fully saturated rings. The predicted octanol–water partition coefficient (Wildman–Crippen LogP) is 2.25. The van der Waals surface area contributed by atoms with E-state index < -0.39 is 17.7 Å². The summed E-state index contributed by atoms with van der Waals surface area (Å²) < 4.78 is 25.6. The number of nitrogens with two attached hydrogens (primary N) is 1. The molecule has 2 N–H and O–H groups in total. The van der Waals surface area contributed by atoms with Crippen LogP contribution in [0.3, 0.4) is 0 Å². The van der Waals surface area contributed by atoms with Gasteiger partial charge in [-0.05, 0) is 24.1 Å². The molecule has 0 saturated carbocycles. The average Bonchev–Trinajstić information content (AvgIpc) is 2.20. The summed E-state index contributed by atoms with van der Waals surface area (Å²) in [6, 6.07) is 3.22. The maximum Gasteiger partial charge on any atom is 0.160 e. The van der Waals surface area contributed by atoms with Gasteiger partial charge in [0.1, 0.15) is 0 Å². The quantitative estimate of drug-likeness (QED) is 0.788. The Morgan fingerprint density at radius 3 is 2.50 bits per heavy atom. The van der Waals surface area contributed by atoms with Gasteiger partial charge in [-0.3, -0.25) is 0 Å². The Hall–Kier alpha value is -1.47. The highest BCUT2D eigenvalue weighted by molar-refractivity contribution is 5.40. The molecule has 0 radical (unpaired) electrons. The van der Waals surface area contributed by atoms with Gasteiger partial charge in [0.05, 0.1) is 11.6 Å². The fourth-order valence-corrected chi connectivity index (χ4v) is 1.19. The number of rotatable bonds is 2. The molecule has 1 aromatic carbocycles. The zero-order chi connectivity index (χ0) is 10.7. The van der Waals surface area contributed by atoms with Crippen LogP contribution in [0.15, 0.2) is 12.1 Å². The van der Waals surface area contributed by atoms with Crippen molar-refractivity contribution >= 4 is 0 Å². The smallest absolute Gasteiger partial charge is 0.160 e. The lowest BCUT2D eigenvalue weighted by atomic mass is 9.99. The SMILES string of the molecule is CCC(N)c1cc(F)c(F)cc1C#N. The molecule has 1 unspecified atom stereocenters. The summed E-state index contributed by atoms with van der Waals surface area (Å²) in [6.45, 7) is 1.81. The molecule has 0 aliphatic heterocycles. The van der Waals surface area contributed by atoms with Crippen LogP contribution in [0.5, 0.6) is 0 Å². The molecule has 0 aromatic heterocycles. The molecular formula is C10H10F2N2. The first kappa shape index (κ1) is 10.6. The summed E-state index contributed by atoms with van der Waals surface area (Å²) in [7, 11) is 0. The van der Waals surface area contributed by atoms with Gasteiger partial charge in [-0.1, -0.05) is 6.92 Å². The van der Waals surface area contributed by atoms with E-state index in [4.69, 9.17) is 11.0 Å². The minimum atomic E-state index is -1.02. The van der Waals surface area contributed by atoms with Crippen molar-refractivity contribution in [2.75, 3.05) is 0 Å². The van der Waals surface area contributed by atoms with Crippen molar-refractivity contribution in [1.82, 2.24) is 0 Å². The third-order valence-corrected chi connectivity index (χ3v) is 2.05. The summed E-state index contributed by atoms with van der Waals surface area (Å²) in [4.78, 5) is 0. The van der Waals surface area contributed by atoms with Crippen LogP contribution in [0, 0.1) is 23.0 Å². The van der Waals surface area contributed by atoms with Gasteiger partial charge in [0, 0.05) is 6.04 Å². The lowest BCUT2D eigenvalue weighted by Gasteiger charge is -2.11. The Morgan fingerprint density at radius 1 is 1.43 bits per heavy atom. The number of nitriles is 1. The molecule has 0 spiro atoms. The predicted molar refractivity (Wildman–Crippen MR) is 48.3 cm³/mol. The molecule has 74 valence electrons. The molecule has 0 saturated heterocycles. The largest absolute Gasteiger partial charge is 0.324 e. The van der Waals surface area contributed by atoms with Crippen molar-refractivity contribution in [2.24, 2.45) is 5.73 Å². The fourth-order valence-electron chi connectivity index (χ4n) is 1.19. The minimum absolute atomic E-state index is 0.0956. The Kier molecular flexibility index (Phi) is 3.15. The summed E-state index contributed by atoms with van der Waals surface area (Å²) >= 11 is 0. The number of benzene rings is 1. The maximum absolute atomic E-state index is 12.9. The first-order valence-corrected chi connectivity index (χ1v) is 4.24. The van der Waals surface area contributed by atoms with Crippen molar-refractivity contribution in [1.29, 1.82) is 5.26 Å². The van der Waals surface area contributed by atoms with E-state index in [1.165, 1.54) is 0 Å². The Morgan fingerprint density at radius 2 is 2.00 bits per heavy atom. The van der Waals surface area contributed by atoms with E-state index in [0.29, 0.717) is 12.0 Å². The van der Waals surface area contributed by atoms with Gasteiger partial charge in [0.2, 0.25) is 0 Å². The molecule has 0 amide bonds. The van der Waals surface area contributed by atoms with Gasteiger partial charge < -0.3 is 5.73 Å². The molecule has 0 aliphatic carbocycles. The molecule has 0 bridgehead atoms. The van der Waals surface area contributed by atoms with E-state index >= 15 is 0 Å². The second kappa shape index (κ2) is 4.16. The van der Waals surface area contributed by atoms with Crippen LogP contribution >= 0.6 is 0 Å². The van der Waals surface area contributed by atoms with E-state index in [2.05, 4.69) is 0 Å². The molecule has 1 rings (SSSR count). The van der Waals surface area contributed by atoms with Crippen molar-refractivity contribution in [3.05, 3.63) is 34.9 Å². The first-order chi connectivity index (χ1) is 6.60. The van der Waals surface area contributed by atoms with E-state index in [0.717, 1.165) is 12.1 Å². The highest BCUT2D eigenvalue weighted by Gasteiger charge is 2.13. The first-order valence-electron chi connectivity index (χ1n) is 4.24. The summed E-state index contributed by atoms with van der Waals surface area (Å²) in [5, 5.41) is 8.68. The number of hydrogen-bond donors (Lipinski definition) is 1. The van der Waals surface area contributed by atoms with Gasteiger partial charge in [-0.15, -0.1) is 0 Å². The molecule has 4 heteroatoms. The molecular weight excluding hydrogens is 186 g/mol. The van der Waals surface area contributed by atoms with Gasteiger partial charge >= 0.3 is 0 Å².